The molecule has 0 unspecified atom stereocenters. The molecule has 0 atom stereocenters. The Morgan fingerprint density at radius 3 is 1.70 bits per heavy atom. The van der Waals surface area contributed by atoms with Gasteiger partial charge in [0.15, 0.2) is 6.10 Å². The molecule has 0 saturated heterocycles. The zero-order valence-corrected chi connectivity index (χ0v) is 12.2. The van der Waals surface area contributed by atoms with Crippen molar-refractivity contribution >= 4 is 23.3 Å². The van der Waals surface area contributed by atoms with E-state index < -0.39 is 18.0 Å². The Kier molecular flexibility index (Phi) is 4.99. The van der Waals surface area contributed by atoms with Gasteiger partial charge in [0.25, 0.3) is 0 Å². The number of esters is 1. The molecule has 2 rings (SSSR count). The molecule has 2 aromatic rings. The minimum atomic E-state index is -1.22. The molecule has 0 heterocycles. The Bertz CT molecular complexity index is 676. The van der Waals surface area contributed by atoms with Gasteiger partial charge in [0.05, 0.1) is 0 Å². The second kappa shape index (κ2) is 7.13. The van der Waals surface area contributed by atoms with Crippen LogP contribution >= 0.6 is 0 Å². The molecule has 0 saturated carbocycles. The van der Waals surface area contributed by atoms with Gasteiger partial charge in [-0.15, -0.1) is 0 Å². The van der Waals surface area contributed by atoms with Gasteiger partial charge in [0.1, 0.15) is 0 Å². The summed E-state index contributed by atoms with van der Waals surface area (Å²) in [5.74, 6) is -1.98. The summed E-state index contributed by atoms with van der Waals surface area (Å²) in [5, 5.41) is 8.57. The van der Waals surface area contributed by atoms with Crippen molar-refractivity contribution in [1.29, 1.82) is 0 Å². The van der Waals surface area contributed by atoms with Gasteiger partial charge in [-0.05, 0) is 35.4 Å². The van der Waals surface area contributed by atoms with Gasteiger partial charge in [0.2, 0.25) is 0 Å². The van der Waals surface area contributed by atoms with Crippen molar-refractivity contribution in [2.24, 2.45) is 0 Å². The molecule has 2 aromatic carbocycles. The van der Waals surface area contributed by atoms with Crippen LogP contribution in [0.5, 0.6) is 0 Å². The number of nitrogens with two attached hydrogens (primary N) is 2. The fourth-order valence-electron chi connectivity index (χ4n) is 1.96. The second-order valence-corrected chi connectivity index (χ2v) is 4.82. The number of carbonyl (C=O) groups excluding carboxylic acids is 1. The third kappa shape index (κ3) is 4.60. The van der Waals surface area contributed by atoms with Crippen molar-refractivity contribution in [1.82, 2.24) is 0 Å². The molecule has 5 N–H and O–H groups in total. The van der Waals surface area contributed by atoms with Gasteiger partial charge in [0, 0.05) is 23.5 Å². The largest absolute Gasteiger partial charge is 0.478 e. The summed E-state index contributed by atoms with van der Waals surface area (Å²) in [4.78, 5) is 22.3. The van der Waals surface area contributed by atoms with E-state index in [2.05, 4.69) is 0 Å². The first-order valence-electron chi connectivity index (χ1n) is 6.78. The number of ether oxygens (including phenoxy) is 1. The quantitative estimate of drug-likeness (QED) is 0.442. The third-order valence-corrected chi connectivity index (χ3v) is 3.07. The van der Waals surface area contributed by atoms with Gasteiger partial charge in [-0.3, -0.25) is 0 Å². The Morgan fingerprint density at radius 2 is 1.30 bits per heavy atom. The van der Waals surface area contributed by atoms with Crippen LogP contribution in [0.2, 0.25) is 0 Å². The van der Waals surface area contributed by atoms with E-state index in [1.54, 1.807) is 48.5 Å². The minimum Gasteiger partial charge on any atom is -0.478 e. The summed E-state index contributed by atoms with van der Waals surface area (Å²) in [7, 11) is 0. The van der Waals surface area contributed by atoms with E-state index in [4.69, 9.17) is 21.3 Å². The molecule has 23 heavy (non-hydrogen) atoms. The van der Waals surface area contributed by atoms with E-state index in [1.807, 2.05) is 0 Å². The summed E-state index contributed by atoms with van der Waals surface area (Å²) < 4.78 is 5.38. The summed E-state index contributed by atoms with van der Waals surface area (Å²) in [6.45, 7) is 0. The predicted molar refractivity (Wildman–Crippen MR) is 86.4 cm³/mol. The number of hydrogen-bond acceptors (Lipinski definition) is 5. The Labute approximate surface area is 133 Å². The number of carboxylic acids is 1. The van der Waals surface area contributed by atoms with Gasteiger partial charge in [-0.1, -0.05) is 24.3 Å². The topological polar surface area (TPSA) is 116 Å². The minimum absolute atomic E-state index is 0.585. The number of benzene rings is 2. The number of hydrogen-bond donors (Lipinski definition) is 3. The van der Waals surface area contributed by atoms with Gasteiger partial charge >= 0.3 is 11.9 Å². The molecule has 6 nitrogen and oxygen atoms in total. The summed E-state index contributed by atoms with van der Waals surface area (Å²) in [6.07, 6.45) is 0.900. The number of carbonyl (C=O) groups is 2. The molecular weight excluding hydrogens is 296 g/mol. The zero-order valence-electron chi connectivity index (χ0n) is 12.2. The normalized spacial score (nSPS) is 10.8. The fourth-order valence-corrected chi connectivity index (χ4v) is 1.96. The van der Waals surface area contributed by atoms with Crippen LogP contribution in [0.25, 0.3) is 0 Å². The molecule has 0 aliphatic carbocycles. The third-order valence-electron chi connectivity index (χ3n) is 3.07. The molecular formula is C17H16N2O4. The SMILES string of the molecule is Nc1ccc(C(OC(=O)/C=C\C(=O)O)c2ccc(N)cc2)cc1. The van der Waals surface area contributed by atoms with Crippen LogP contribution < -0.4 is 11.5 Å². The maximum absolute atomic E-state index is 11.8. The molecule has 0 radical (unpaired) electrons. The van der Waals surface area contributed by atoms with E-state index in [9.17, 15) is 9.59 Å². The maximum Gasteiger partial charge on any atom is 0.331 e. The lowest BCUT2D eigenvalue weighted by atomic mass is 10.0. The Hall–Kier alpha value is -3.28. The molecule has 0 spiro atoms. The van der Waals surface area contributed by atoms with E-state index in [-0.39, 0.29) is 0 Å². The molecule has 0 aliphatic rings. The van der Waals surface area contributed by atoms with Crippen LogP contribution in [0.4, 0.5) is 11.4 Å². The van der Waals surface area contributed by atoms with Gasteiger partial charge in [-0.25, -0.2) is 9.59 Å². The Morgan fingerprint density at radius 1 is 0.870 bits per heavy atom. The van der Waals surface area contributed by atoms with Crippen LogP contribution in [-0.4, -0.2) is 17.0 Å². The van der Waals surface area contributed by atoms with Gasteiger partial charge in [-0.2, -0.15) is 0 Å². The van der Waals surface area contributed by atoms with Crippen molar-refractivity contribution in [2.75, 3.05) is 11.5 Å². The standard InChI is InChI=1S/C17H16N2O4/c18-13-5-1-11(2-6-13)17(12-3-7-14(19)8-4-12)23-16(22)10-9-15(20)21/h1-10,17H,18-19H2,(H,20,21)/b10-9-. The Balaban J connectivity index is 2.31. The maximum atomic E-state index is 11.8. The first-order valence-corrected chi connectivity index (χ1v) is 6.78. The average Bonchev–Trinajstić information content (AvgIpc) is 2.52. The van der Waals surface area contributed by atoms with E-state index in [1.165, 1.54) is 0 Å². The number of aliphatic carboxylic acids is 1. The van der Waals surface area contributed by atoms with Crippen molar-refractivity contribution in [2.45, 2.75) is 6.10 Å². The number of nitrogen functional groups attached to an aromatic ring is 2. The molecule has 0 bridgehead atoms. The van der Waals surface area contributed by atoms with Crippen LogP contribution in [0.3, 0.4) is 0 Å². The van der Waals surface area contributed by atoms with Crippen molar-refractivity contribution in [3.8, 4) is 0 Å². The summed E-state index contributed by atoms with van der Waals surface area (Å²) in [5.41, 5.74) is 13.9. The highest BCUT2D eigenvalue weighted by molar-refractivity contribution is 5.90. The molecule has 118 valence electrons. The van der Waals surface area contributed by atoms with Crippen molar-refractivity contribution in [3.63, 3.8) is 0 Å². The summed E-state index contributed by atoms with van der Waals surface area (Å²) >= 11 is 0. The van der Waals surface area contributed by atoms with Crippen LogP contribution in [-0.2, 0) is 14.3 Å². The fraction of sp³-hybridized carbons (Fsp3) is 0.0588. The highest BCUT2D eigenvalue weighted by Crippen LogP contribution is 2.27. The first-order chi connectivity index (χ1) is 11.0. The van der Waals surface area contributed by atoms with E-state index in [0.29, 0.717) is 22.5 Å². The van der Waals surface area contributed by atoms with Crippen LogP contribution in [0, 0.1) is 0 Å². The number of rotatable bonds is 5. The second-order valence-electron chi connectivity index (χ2n) is 4.82. The predicted octanol–water partition coefficient (Wildman–Crippen LogP) is 2.12. The average molecular weight is 312 g/mol. The lowest BCUT2D eigenvalue weighted by molar-refractivity contribution is -0.142. The first kappa shape index (κ1) is 16.1. The highest BCUT2D eigenvalue weighted by Gasteiger charge is 2.18. The molecule has 0 aliphatic heterocycles. The lowest BCUT2D eigenvalue weighted by Crippen LogP contribution is -2.11. The van der Waals surface area contributed by atoms with Crippen LogP contribution in [0.1, 0.15) is 17.2 Å². The lowest BCUT2D eigenvalue weighted by Gasteiger charge is -2.18. The van der Waals surface area contributed by atoms with E-state index >= 15 is 0 Å². The smallest absolute Gasteiger partial charge is 0.331 e. The van der Waals surface area contributed by atoms with Crippen LogP contribution in [0.15, 0.2) is 60.7 Å². The molecule has 0 fully saturated rings. The monoisotopic (exact) mass is 312 g/mol. The van der Waals surface area contributed by atoms with Gasteiger partial charge < -0.3 is 21.3 Å². The number of anilines is 2. The van der Waals surface area contributed by atoms with Crippen molar-refractivity contribution < 1.29 is 19.4 Å². The molecule has 6 heteroatoms. The van der Waals surface area contributed by atoms with E-state index in [0.717, 1.165) is 12.2 Å². The highest BCUT2D eigenvalue weighted by atomic mass is 16.5. The molecule has 0 amide bonds. The number of carboxylic acid groups (broad SMARTS) is 1. The molecule has 0 aromatic heterocycles. The summed E-state index contributed by atoms with van der Waals surface area (Å²) in [6, 6.07) is 13.7. The van der Waals surface area contributed by atoms with Crippen molar-refractivity contribution in [3.05, 3.63) is 71.8 Å². The zero-order chi connectivity index (χ0) is 16.8.